The maximum atomic E-state index is 13.0. The van der Waals surface area contributed by atoms with E-state index in [2.05, 4.69) is 11.4 Å². The summed E-state index contributed by atoms with van der Waals surface area (Å²) in [5.41, 5.74) is 2.26. The maximum Gasteiger partial charge on any atom is 0.339 e. The number of benzene rings is 2. The Balaban J connectivity index is 1.91. The summed E-state index contributed by atoms with van der Waals surface area (Å²) in [6.07, 6.45) is 0. The fraction of sp³-hybridized carbons (Fsp3) is 0.280. The van der Waals surface area contributed by atoms with Crippen LogP contribution >= 0.6 is 0 Å². The van der Waals surface area contributed by atoms with Crippen molar-refractivity contribution in [1.82, 2.24) is 10.3 Å². The van der Waals surface area contributed by atoms with Crippen LogP contribution in [0.5, 0.6) is 0 Å². The predicted molar refractivity (Wildman–Crippen MR) is 119 cm³/mol. The largest absolute Gasteiger partial charge is 0.452 e. The molecule has 0 aliphatic rings. The van der Waals surface area contributed by atoms with Crippen molar-refractivity contribution < 1.29 is 14.3 Å². The van der Waals surface area contributed by atoms with Gasteiger partial charge in [-0.15, -0.1) is 0 Å². The highest BCUT2D eigenvalue weighted by atomic mass is 16.5. The smallest absolute Gasteiger partial charge is 0.339 e. The molecule has 0 bridgehead atoms. The number of nitrogens with zero attached hydrogens (tertiary/aromatic N) is 2. The second-order valence-electron chi connectivity index (χ2n) is 7.94. The van der Waals surface area contributed by atoms with E-state index in [9.17, 15) is 14.9 Å². The van der Waals surface area contributed by atoms with Crippen LogP contribution in [0.15, 0.2) is 54.6 Å². The highest BCUT2D eigenvalue weighted by Gasteiger charge is 2.30. The van der Waals surface area contributed by atoms with E-state index in [0.29, 0.717) is 27.7 Å². The summed E-state index contributed by atoms with van der Waals surface area (Å²) in [7, 11) is 0. The third-order valence-electron chi connectivity index (χ3n) is 5.51. The van der Waals surface area contributed by atoms with Crippen LogP contribution in [0.2, 0.25) is 0 Å². The Morgan fingerprint density at radius 1 is 1.13 bits per heavy atom. The molecule has 3 rings (SSSR count). The zero-order valence-corrected chi connectivity index (χ0v) is 18.1. The average Bonchev–Trinajstić information content (AvgIpc) is 2.77. The molecule has 0 fully saturated rings. The van der Waals surface area contributed by atoms with Crippen LogP contribution in [0.3, 0.4) is 0 Å². The number of carbonyl (C=O) groups is 2. The maximum absolute atomic E-state index is 13.0. The lowest BCUT2D eigenvalue weighted by molar-refractivity contribution is -0.125. The van der Waals surface area contributed by atoms with E-state index in [1.807, 2.05) is 75.4 Å². The average molecular weight is 415 g/mol. The number of fused-ring (bicyclic) bond motifs is 1. The van der Waals surface area contributed by atoms with Crippen molar-refractivity contribution >= 4 is 22.8 Å². The van der Waals surface area contributed by atoms with E-state index >= 15 is 0 Å². The van der Waals surface area contributed by atoms with E-state index in [1.54, 1.807) is 6.92 Å². The molecule has 0 radical (unpaired) electrons. The molecule has 0 aliphatic heterocycles. The Labute approximate surface area is 181 Å². The molecule has 3 aromatic rings. The zero-order valence-electron chi connectivity index (χ0n) is 18.1. The molecular formula is C25H25N3O3. The van der Waals surface area contributed by atoms with Crippen LogP contribution in [-0.2, 0) is 9.53 Å². The molecule has 6 nitrogen and oxygen atoms in total. The number of esters is 1. The third kappa shape index (κ3) is 4.56. The third-order valence-corrected chi connectivity index (χ3v) is 5.51. The number of para-hydroxylation sites is 1. The molecule has 1 aromatic heterocycles. The minimum absolute atomic E-state index is 0.100. The molecule has 1 heterocycles. The Morgan fingerprint density at radius 2 is 1.77 bits per heavy atom. The van der Waals surface area contributed by atoms with Gasteiger partial charge in [-0.05, 0) is 31.4 Å². The van der Waals surface area contributed by atoms with Crippen LogP contribution in [0.25, 0.3) is 22.2 Å². The summed E-state index contributed by atoms with van der Waals surface area (Å²) in [6.45, 7) is 6.67. The number of ether oxygens (including phenoxy) is 1. The van der Waals surface area contributed by atoms with Crippen LogP contribution in [0.4, 0.5) is 0 Å². The number of rotatable bonds is 6. The van der Waals surface area contributed by atoms with Crippen molar-refractivity contribution in [3.8, 4) is 17.3 Å². The molecule has 0 spiro atoms. The van der Waals surface area contributed by atoms with Crippen molar-refractivity contribution in [1.29, 1.82) is 5.26 Å². The summed E-state index contributed by atoms with van der Waals surface area (Å²) < 4.78 is 5.35. The number of amides is 1. The lowest BCUT2D eigenvalue weighted by Gasteiger charge is -2.27. The van der Waals surface area contributed by atoms with Gasteiger partial charge in [0.25, 0.3) is 5.91 Å². The molecule has 0 saturated heterocycles. The lowest BCUT2D eigenvalue weighted by atomic mass is 9.90. The van der Waals surface area contributed by atoms with Crippen LogP contribution < -0.4 is 5.32 Å². The van der Waals surface area contributed by atoms with Gasteiger partial charge >= 0.3 is 5.97 Å². The summed E-state index contributed by atoms with van der Waals surface area (Å²) in [6, 6.07) is 19.0. The first-order valence-electron chi connectivity index (χ1n) is 10.1. The SMILES string of the molecule is Cc1c(-c2ccccc2)nc2ccccc2c1C(=O)OCC(=O)N[C@@](C)(C#N)C(C)C. The molecule has 0 unspecified atom stereocenters. The standard InChI is InChI=1S/C25H25N3O3/c1-16(2)25(4,15-26)28-21(29)14-31-24(30)22-17(3)23(18-10-6-5-7-11-18)27-20-13-9-8-12-19(20)22/h5-13,16H,14H2,1-4H3,(H,28,29)/t25-/m0/s1. The minimum atomic E-state index is -1.04. The van der Waals surface area contributed by atoms with Crippen LogP contribution in [-0.4, -0.2) is 29.0 Å². The molecule has 1 N–H and O–H groups in total. The normalized spacial score (nSPS) is 12.8. The topological polar surface area (TPSA) is 92.1 Å². The molecule has 6 heteroatoms. The predicted octanol–water partition coefficient (Wildman–Crippen LogP) is 4.42. The summed E-state index contributed by atoms with van der Waals surface area (Å²) in [4.78, 5) is 30.1. The molecule has 31 heavy (non-hydrogen) atoms. The second kappa shape index (κ2) is 8.97. The first-order valence-corrected chi connectivity index (χ1v) is 10.1. The van der Waals surface area contributed by atoms with E-state index in [1.165, 1.54) is 0 Å². The van der Waals surface area contributed by atoms with Crippen LogP contribution in [0, 0.1) is 24.2 Å². The fourth-order valence-corrected chi connectivity index (χ4v) is 3.28. The number of hydrogen-bond acceptors (Lipinski definition) is 5. The highest BCUT2D eigenvalue weighted by molar-refractivity contribution is 6.06. The molecule has 0 aliphatic carbocycles. The molecular weight excluding hydrogens is 390 g/mol. The van der Waals surface area contributed by atoms with Crippen molar-refractivity contribution in [2.45, 2.75) is 33.2 Å². The van der Waals surface area contributed by atoms with Gasteiger partial charge in [0, 0.05) is 10.9 Å². The van der Waals surface area contributed by atoms with Crippen LogP contribution in [0.1, 0.15) is 36.7 Å². The van der Waals surface area contributed by atoms with Gasteiger partial charge in [-0.2, -0.15) is 5.26 Å². The number of carbonyl (C=O) groups excluding carboxylic acids is 2. The number of nitrogens with one attached hydrogen (secondary N) is 1. The Hall–Kier alpha value is -3.72. The zero-order chi connectivity index (χ0) is 22.6. The summed E-state index contributed by atoms with van der Waals surface area (Å²) in [5, 5.41) is 12.7. The van der Waals surface area contributed by atoms with Gasteiger partial charge in [0.1, 0.15) is 5.54 Å². The first kappa shape index (κ1) is 22.0. The summed E-state index contributed by atoms with van der Waals surface area (Å²) in [5.74, 6) is -1.23. The molecule has 2 aromatic carbocycles. The number of pyridine rings is 1. The van der Waals surface area contributed by atoms with E-state index in [-0.39, 0.29) is 5.92 Å². The summed E-state index contributed by atoms with van der Waals surface area (Å²) >= 11 is 0. The van der Waals surface area contributed by atoms with Crippen molar-refractivity contribution in [2.24, 2.45) is 5.92 Å². The number of aromatic nitrogens is 1. The number of nitriles is 1. The van der Waals surface area contributed by atoms with Gasteiger partial charge < -0.3 is 10.1 Å². The van der Waals surface area contributed by atoms with Gasteiger partial charge in [0.2, 0.25) is 0 Å². The van der Waals surface area contributed by atoms with Crippen molar-refractivity contribution in [3.05, 3.63) is 65.7 Å². The second-order valence-corrected chi connectivity index (χ2v) is 7.94. The van der Waals surface area contributed by atoms with Gasteiger partial charge in [0.15, 0.2) is 6.61 Å². The lowest BCUT2D eigenvalue weighted by Crippen LogP contribution is -2.50. The van der Waals surface area contributed by atoms with Gasteiger partial charge in [0.05, 0.1) is 22.8 Å². The monoisotopic (exact) mass is 415 g/mol. The van der Waals surface area contributed by atoms with E-state index in [4.69, 9.17) is 9.72 Å². The highest BCUT2D eigenvalue weighted by Crippen LogP contribution is 2.30. The molecule has 1 atom stereocenters. The van der Waals surface area contributed by atoms with Gasteiger partial charge in [-0.3, -0.25) is 4.79 Å². The van der Waals surface area contributed by atoms with Crippen molar-refractivity contribution in [2.75, 3.05) is 6.61 Å². The van der Waals surface area contributed by atoms with Crippen molar-refractivity contribution in [3.63, 3.8) is 0 Å². The Morgan fingerprint density at radius 3 is 2.42 bits per heavy atom. The van der Waals surface area contributed by atoms with E-state index in [0.717, 1.165) is 5.56 Å². The Bertz CT molecular complexity index is 1170. The molecule has 1 amide bonds. The molecule has 0 saturated carbocycles. The van der Waals surface area contributed by atoms with Gasteiger partial charge in [-0.1, -0.05) is 62.4 Å². The minimum Gasteiger partial charge on any atom is -0.452 e. The van der Waals surface area contributed by atoms with E-state index < -0.39 is 24.0 Å². The van der Waals surface area contributed by atoms with Gasteiger partial charge in [-0.25, -0.2) is 9.78 Å². The Kier molecular flexibility index (Phi) is 6.36. The quantitative estimate of drug-likeness (QED) is 0.602. The molecule has 158 valence electrons. The first-order chi connectivity index (χ1) is 14.8. The number of hydrogen-bond donors (Lipinski definition) is 1. The fourth-order valence-electron chi connectivity index (χ4n) is 3.28.